The van der Waals surface area contributed by atoms with Crippen LogP contribution in [0.2, 0.25) is 0 Å². The van der Waals surface area contributed by atoms with Crippen LogP contribution in [0.3, 0.4) is 0 Å². The van der Waals surface area contributed by atoms with E-state index in [2.05, 4.69) is 45.0 Å². The molecule has 1 aliphatic rings. The number of oxazole rings is 1. The number of likely N-dealkylation sites (tertiary alicyclic amines) is 1. The van der Waals surface area contributed by atoms with E-state index in [9.17, 15) is 0 Å². The third kappa shape index (κ3) is 6.54. The number of guanidine groups is 1. The zero-order valence-corrected chi connectivity index (χ0v) is 20.9. The molecular weight excluding hydrogens is 521 g/mol. The Kier molecular flexibility index (Phi) is 9.35. The molecule has 0 saturated carbocycles. The van der Waals surface area contributed by atoms with Crippen molar-refractivity contribution >= 4 is 41.3 Å². The fourth-order valence-electron chi connectivity index (χ4n) is 3.73. The van der Waals surface area contributed by atoms with Crippen molar-refractivity contribution in [1.29, 1.82) is 0 Å². The summed E-state index contributed by atoms with van der Waals surface area (Å²) in [6.45, 7) is 6.53. The molecule has 8 heteroatoms. The fourth-order valence-corrected chi connectivity index (χ4v) is 4.59. The maximum atomic E-state index is 5.63. The lowest BCUT2D eigenvalue weighted by atomic mass is 10.2. The van der Waals surface area contributed by atoms with Crippen LogP contribution < -0.4 is 10.6 Å². The van der Waals surface area contributed by atoms with Crippen LogP contribution in [-0.4, -0.2) is 42.0 Å². The second-order valence-corrected chi connectivity index (χ2v) is 8.34. The van der Waals surface area contributed by atoms with Gasteiger partial charge in [-0.3, -0.25) is 4.90 Å². The number of aromatic nitrogens is 1. The van der Waals surface area contributed by atoms with Crippen LogP contribution in [0.25, 0.3) is 11.5 Å². The number of nitrogens with one attached hydrogen (secondary N) is 2. The summed E-state index contributed by atoms with van der Waals surface area (Å²) in [7, 11) is 0. The second-order valence-electron chi connectivity index (χ2n) is 7.36. The van der Waals surface area contributed by atoms with Crippen molar-refractivity contribution < 1.29 is 4.42 Å². The molecule has 1 unspecified atom stereocenters. The number of thiophene rings is 1. The minimum absolute atomic E-state index is 0. The van der Waals surface area contributed by atoms with Crippen molar-refractivity contribution in [3.8, 4) is 11.5 Å². The van der Waals surface area contributed by atoms with E-state index >= 15 is 0 Å². The number of nitrogens with zero attached hydrogens (tertiary/aromatic N) is 3. The summed E-state index contributed by atoms with van der Waals surface area (Å²) in [6.07, 6.45) is 4.26. The molecule has 166 valence electrons. The van der Waals surface area contributed by atoms with E-state index in [4.69, 9.17) is 9.41 Å². The molecule has 3 heterocycles. The zero-order chi connectivity index (χ0) is 20.6. The number of hydrogen-bond donors (Lipinski definition) is 2. The molecule has 1 aromatic carbocycles. The van der Waals surface area contributed by atoms with E-state index in [1.807, 2.05) is 41.7 Å². The van der Waals surface area contributed by atoms with Gasteiger partial charge in [0.1, 0.15) is 12.0 Å². The van der Waals surface area contributed by atoms with Crippen LogP contribution in [-0.2, 0) is 6.54 Å². The zero-order valence-electron chi connectivity index (χ0n) is 17.8. The number of aliphatic imine (C=N–C) groups is 1. The monoisotopic (exact) mass is 551 g/mol. The van der Waals surface area contributed by atoms with Gasteiger partial charge in [-0.15, -0.1) is 35.3 Å². The first-order valence-corrected chi connectivity index (χ1v) is 11.5. The maximum Gasteiger partial charge on any atom is 0.226 e. The predicted octanol–water partition coefficient (Wildman–Crippen LogP) is 4.91. The molecule has 6 nitrogen and oxygen atoms in total. The Morgan fingerprint density at radius 2 is 1.97 bits per heavy atom. The van der Waals surface area contributed by atoms with Gasteiger partial charge >= 0.3 is 0 Å². The van der Waals surface area contributed by atoms with Gasteiger partial charge in [-0.25, -0.2) is 9.98 Å². The van der Waals surface area contributed by atoms with Gasteiger partial charge < -0.3 is 15.1 Å². The van der Waals surface area contributed by atoms with Gasteiger partial charge in [0.25, 0.3) is 0 Å². The van der Waals surface area contributed by atoms with Crippen molar-refractivity contribution in [2.45, 2.75) is 32.4 Å². The van der Waals surface area contributed by atoms with Gasteiger partial charge in [0, 0.05) is 23.5 Å². The van der Waals surface area contributed by atoms with Gasteiger partial charge in [0.15, 0.2) is 5.96 Å². The highest BCUT2D eigenvalue weighted by molar-refractivity contribution is 14.0. The molecular formula is C23H30IN5OS. The Labute approximate surface area is 205 Å². The molecule has 1 saturated heterocycles. The van der Waals surface area contributed by atoms with Crippen molar-refractivity contribution in [1.82, 2.24) is 20.5 Å². The Morgan fingerprint density at radius 1 is 1.16 bits per heavy atom. The van der Waals surface area contributed by atoms with Crippen LogP contribution >= 0.6 is 35.3 Å². The summed E-state index contributed by atoms with van der Waals surface area (Å²) in [5.41, 5.74) is 1.79. The van der Waals surface area contributed by atoms with Gasteiger partial charge in [-0.1, -0.05) is 24.3 Å². The Balaban J connectivity index is 0.00000272. The molecule has 0 radical (unpaired) electrons. The molecule has 4 rings (SSSR count). The normalized spacial score (nSPS) is 15.5. The molecule has 1 aliphatic heterocycles. The standard InChI is InChI=1S/C23H29N5OS.HI/c1-2-24-23(25-15-19-17-29-22(27-19)18-9-4-3-5-10-18)26-16-20(21-11-8-14-30-21)28-12-6-7-13-28;/h3-5,8-11,14,17,20H,2,6-7,12-13,15-16H2,1H3,(H2,24,25,26);1H. The predicted molar refractivity (Wildman–Crippen MR) is 138 cm³/mol. The average molecular weight is 551 g/mol. The quantitative estimate of drug-likeness (QED) is 0.237. The molecule has 3 aromatic rings. The second kappa shape index (κ2) is 12.2. The largest absolute Gasteiger partial charge is 0.444 e. The first kappa shape index (κ1) is 23.7. The summed E-state index contributed by atoms with van der Waals surface area (Å²) in [5, 5.41) is 9.05. The van der Waals surface area contributed by atoms with Crippen LogP contribution in [0, 0.1) is 0 Å². The molecule has 2 aromatic heterocycles. The molecule has 0 bridgehead atoms. The van der Waals surface area contributed by atoms with Crippen LogP contribution in [0.1, 0.15) is 36.4 Å². The van der Waals surface area contributed by atoms with Crippen LogP contribution in [0.4, 0.5) is 0 Å². The van der Waals surface area contributed by atoms with E-state index < -0.39 is 0 Å². The average Bonchev–Trinajstić information content (AvgIpc) is 3.56. The van der Waals surface area contributed by atoms with Gasteiger partial charge in [0.05, 0.1) is 12.6 Å². The summed E-state index contributed by atoms with van der Waals surface area (Å²) < 4.78 is 5.63. The SMILES string of the molecule is CCNC(=NCc1coc(-c2ccccc2)n1)NCC(c1cccs1)N1CCCC1.I. The lowest BCUT2D eigenvalue weighted by Gasteiger charge is -2.27. The minimum atomic E-state index is 0. The van der Waals surface area contributed by atoms with Crippen molar-refractivity contribution in [2.24, 2.45) is 4.99 Å². The highest BCUT2D eigenvalue weighted by atomic mass is 127. The lowest BCUT2D eigenvalue weighted by Crippen LogP contribution is -2.42. The van der Waals surface area contributed by atoms with Crippen molar-refractivity contribution in [3.05, 3.63) is 64.7 Å². The summed E-state index contributed by atoms with van der Waals surface area (Å²) in [6, 6.07) is 14.7. The number of rotatable bonds is 8. The van der Waals surface area contributed by atoms with E-state index in [-0.39, 0.29) is 24.0 Å². The third-order valence-electron chi connectivity index (χ3n) is 5.23. The fraction of sp³-hybridized carbons (Fsp3) is 0.391. The van der Waals surface area contributed by atoms with E-state index in [1.54, 1.807) is 6.26 Å². The van der Waals surface area contributed by atoms with E-state index in [0.29, 0.717) is 18.5 Å². The molecule has 0 amide bonds. The minimum Gasteiger partial charge on any atom is -0.444 e. The first-order chi connectivity index (χ1) is 14.8. The number of hydrogen-bond acceptors (Lipinski definition) is 5. The Bertz CT molecular complexity index is 923. The molecule has 1 fully saturated rings. The summed E-state index contributed by atoms with van der Waals surface area (Å²) in [4.78, 5) is 13.3. The molecule has 0 spiro atoms. The van der Waals surface area contributed by atoms with E-state index in [1.165, 1.54) is 30.8 Å². The van der Waals surface area contributed by atoms with E-state index in [0.717, 1.165) is 30.3 Å². The molecule has 31 heavy (non-hydrogen) atoms. The van der Waals surface area contributed by atoms with Crippen LogP contribution in [0.15, 0.2) is 63.5 Å². The number of halogens is 1. The highest BCUT2D eigenvalue weighted by Gasteiger charge is 2.24. The number of benzene rings is 1. The highest BCUT2D eigenvalue weighted by Crippen LogP contribution is 2.27. The van der Waals surface area contributed by atoms with Gasteiger partial charge in [-0.05, 0) is 56.4 Å². The topological polar surface area (TPSA) is 65.7 Å². The van der Waals surface area contributed by atoms with Gasteiger partial charge in [-0.2, -0.15) is 0 Å². The third-order valence-corrected chi connectivity index (χ3v) is 6.21. The molecule has 1 atom stereocenters. The Morgan fingerprint density at radius 3 is 2.68 bits per heavy atom. The smallest absolute Gasteiger partial charge is 0.226 e. The maximum absolute atomic E-state index is 5.63. The summed E-state index contributed by atoms with van der Waals surface area (Å²) >= 11 is 1.83. The van der Waals surface area contributed by atoms with Gasteiger partial charge in [0.2, 0.25) is 5.89 Å². The first-order valence-electron chi connectivity index (χ1n) is 10.6. The lowest BCUT2D eigenvalue weighted by molar-refractivity contribution is 0.249. The van der Waals surface area contributed by atoms with Crippen LogP contribution in [0.5, 0.6) is 0 Å². The summed E-state index contributed by atoms with van der Waals surface area (Å²) in [5.74, 6) is 1.44. The molecule has 0 aliphatic carbocycles. The van der Waals surface area contributed by atoms with Crippen molar-refractivity contribution in [3.63, 3.8) is 0 Å². The molecule has 2 N–H and O–H groups in total. The van der Waals surface area contributed by atoms with Crippen molar-refractivity contribution in [2.75, 3.05) is 26.2 Å². The Hall–Kier alpha value is -1.91.